The van der Waals surface area contributed by atoms with Crippen LogP contribution in [0.1, 0.15) is 30.5 Å². The molecule has 0 saturated carbocycles. The van der Waals surface area contributed by atoms with E-state index in [2.05, 4.69) is 42.1 Å². The average molecular weight is 381 g/mol. The Morgan fingerprint density at radius 1 is 1.08 bits per heavy atom. The third-order valence-electron chi connectivity index (χ3n) is 3.93. The Morgan fingerprint density at radius 3 is 2.73 bits per heavy atom. The number of benzene rings is 1. The fourth-order valence-electron chi connectivity index (χ4n) is 2.58. The first-order valence-electron chi connectivity index (χ1n) is 8.53. The fourth-order valence-corrected chi connectivity index (χ4v) is 4.26. The molecular formula is C20H20N4S2. The van der Waals surface area contributed by atoms with Gasteiger partial charge < -0.3 is 0 Å². The lowest BCUT2D eigenvalue weighted by atomic mass is 10.1. The summed E-state index contributed by atoms with van der Waals surface area (Å²) in [5.41, 5.74) is 3.02. The first kappa shape index (κ1) is 18.6. The van der Waals surface area contributed by atoms with Crippen LogP contribution in [-0.4, -0.2) is 20.5 Å². The lowest BCUT2D eigenvalue weighted by Gasteiger charge is -2.09. The molecule has 0 N–H and O–H groups in total. The summed E-state index contributed by atoms with van der Waals surface area (Å²) in [5.74, 6) is 2.57. The minimum atomic E-state index is 0.722. The van der Waals surface area contributed by atoms with E-state index in [4.69, 9.17) is 0 Å². The second kappa shape index (κ2) is 8.93. The molecule has 0 bridgehead atoms. The molecule has 0 atom stereocenters. The van der Waals surface area contributed by atoms with Crippen LogP contribution in [0.4, 0.5) is 0 Å². The van der Waals surface area contributed by atoms with Crippen LogP contribution in [-0.2, 0) is 12.2 Å². The smallest absolute Gasteiger partial charge is 0.154 e. The number of aromatic nitrogens is 3. The van der Waals surface area contributed by atoms with E-state index in [0.29, 0.717) is 0 Å². The average Bonchev–Trinajstić information content (AvgIpc) is 3.15. The van der Waals surface area contributed by atoms with E-state index in [-0.39, 0.29) is 0 Å². The molecular weight excluding hydrogens is 360 g/mol. The first-order valence-corrected chi connectivity index (χ1v) is 10.5. The molecule has 0 saturated heterocycles. The maximum absolute atomic E-state index is 9.39. The normalized spacial score (nSPS) is 10.7. The molecule has 4 nitrogen and oxygen atoms in total. The molecule has 0 aliphatic rings. The van der Waals surface area contributed by atoms with Gasteiger partial charge in [-0.1, -0.05) is 13.8 Å². The number of nitriles is 1. The summed E-state index contributed by atoms with van der Waals surface area (Å²) in [6, 6.07) is 14.4. The van der Waals surface area contributed by atoms with Crippen molar-refractivity contribution in [2.45, 2.75) is 35.9 Å². The molecule has 0 fully saturated rings. The number of pyridine rings is 1. The van der Waals surface area contributed by atoms with Crippen LogP contribution in [0.5, 0.6) is 0 Å². The Bertz CT molecular complexity index is 928. The second-order valence-corrected chi connectivity index (χ2v) is 7.94. The quantitative estimate of drug-likeness (QED) is 0.533. The van der Waals surface area contributed by atoms with Crippen LogP contribution < -0.4 is 0 Å². The summed E-state index contributed by atoms with van der Waals surface area (Å²) in [5, 5.41) is 14.8. The van der Waals surface area contributed by atoms with Gasteiger partial charge in [0.1, 0.15) is 5.03 Å². The largest absolute Gasteiger partial charge is 0.237 e. The fraction of sp³-hybridized carbons (Fsp3) is 0.250. The molecule has 6 heteroatoms. The summed E-state index contributed by atoms with van der Waals surface area (Å²) >= 11 is 3.46. The SMILES string of the molecule is CCSc1ccc(C#N)c(CSc2ccnn2-c2cc(CC)ccn2)c1. The van der Waals surface area contributed by atoms with Crippen molar-refractivity contribution in [2.24, 2.45) is 0 Å². The molecule has 0 amide bonds. The zero-order valence-corrected chi connectivity index (χ0v) is 16.5. The van der Waals surface area contributed by atoms with Crippen molar-refractivity contribution in [3.63, 3.8) is 0 Å². The highest BCUT2D eigenvalue weighted by Crippen LogP contribution is 2.28. The molecule has 2 aromatic heterocycles. The molecule has 0 aliphatic heterocycles. The van der Waals surface area contributed by atoms with Gasteiger partial charge in [-0.3, -0.25) is 0 Å². The molecule has 0 spiro atoms. The minimum absolute atomic E-state index is 0.722. The van der Waals surface area contributed by atoms with Crippen molar-refractivity contribution < 1.29 is 0 Å². The van der Waals surface area contributed by atoms with E-state index in [1.165, 1.54) is 10.5 Å². The van der Waals surface area contributed by atoms with E-state index >= 15 is 0 Å². The molecule has 26 heavy (non-hydrogen) atoms. The number of aryl methyl sites for hydroxylation is 1. The van der Waals surface area contributed by atoms with Crippen molar-refractivity contribution in [2.75, 3.05) is 5.75 Å². The maximum atomic E-state index is 9.39. The van der Waals surface area contributed by atoms with Crippen molar-refractivity contribution >= 4 is 23.5 Å². The Hall–Kier alpha value is -2.23. The van der Waals surface area contributed by atoms with E-state index in [1.54, 1.807) is 29.7 Å². The first-order chi connectivity index (χ1) is 12.7. The standard InChI is InChI=1S/C20H20N4S2/c1-3-15-7-9-22-19(11-15)24-20(8-10-23-24)26-14-17-12-18(25-4-2)6-5-16(17)13-21/h5-12H,3-4,14H2,1-2H3. The molecule has 132 valence electrons. The van der Waals surface area contributed by atoms with E-state index in [9.17, 15) is 5.26 Å². The molecule has 0 unspecified atom stereocenters. The highest BCUT2D eigenvalue weighted by molar-refractivity contribution is 7.99. The van der Waals surface area contributed by atoms with Crippen molar-refractivity contribution in [1.82, 2.24) is 14.8 Å². The van der Waals surface area contributed by atoms with Gasteiger partial charge in [-0.2, -0.15) is 10.4 Å². The lowest BCUT2D eigenvalue weighted by Crippen LogP contribution is -2.02. The van der Waals surface area contributed by atoms with Crippen LogP contribution in [0, 0.1) is 11.3 Å². The summed E-state index contributed by atoms with van der Waals surface area (Å²) in [4.78, 5) is 5.65. The molecule has 3 aromatic rings. The summed E-state index contributed by atoms with van der Waals surface area (Å²) in [6.45, 7) is 4.26. The third kappa shape index (κ3) is 4.29. The van der Waals surface area contributed by atoms with Gasteiger partial charge >= 0.3 is 0 Å². The summed E-state index contributed by atoms with van der Waals surface area (Å²) < 4.78 is 1.86. The summed E-state index contributed by atoms with van der Waals surface area (Å²) in [6.07, 6.45) is 4.58. The van der Waals surface area contributed by atoms with Crippen molar-refractivity contribution in [1.29, 1.82) is 5.26 Å². The van der Waals surface area contributed by atoms with Crippen molar-refractivity contribution in [3.8, 4) is 11.9 Å². The molecule has 2 heterocycles. The van der Waals surface area contributed by atoms with Crippen LogP contribution in [0.2, 0.25) is 0 Å². The topological polar surface area (TPSA) is 54.5 Å². The predicted octanol–water partition coefficient (Wildman–Crippen LogP) is 5.11. The van der Waals surface area contributed by atoms with Gasteiger partial charge in [0.2, 0.25) is 0 Å². The maximum Gasteiger partial charge on any atom is 0.154 e. The number of thioether (sulfide) groups is 2. The number of hydrogen-bond donors (Lipinski definition) is 0. The van der Waals surface area contributed by atoms with E-state index in [0.717, 1.165) is 39.9 Å². The van der Waals surface area contributed by atoms with Gasteiger partial charge in [0, 0.05) is 16.8 Å². The Morgan fingerprint density at radius 2 is 1.96 bits per heavy atom. The molecule has 3 rings (SSSR count). The van der Waals surface area contributed by atoms with Gasteiger partial charge in [0.15, 0.2) is 5.82 Å². The molecule has 1 aromatic carbocycles. The number of hydrogen-bond acceptors (Lipinski definition) is 5. The highest BCUT2D eigenvalue weighted by atomic mass is 32.2. The zero-order chi connectivity index (χ0) is 18.4. The third-order valence-corrected chi connectivity index (χ3v) is 5.86. The van der Waals surface area contributed by atoms with Crippen LogP contribution >= 0.6 is 23.5 Å². The molecule has 0 radical (unpaired) electrons. The highest BCUT2D eigenvalue weighted by Gasteiger charge is 2.10. The Labute approximate surface area is 162 Å². The predicted molar refractivity (Wildman–Crippen MR) is 108 cm³/mol. The second-order valence-electron chi connectivity index (χ2n) is 5.61. The van der Waals surface area contributed by atoms with Gasteiger partial charge in [-0.05, 0) is 59.7 Å². The minimum Gasteiger partial charge on any atom is -0.237 e. The van der Waals surface area contributed by atoms with Crippen LogP contribution in [0.3, 0.4) is 0 Å². The van der Waals surface area contributed by atoms with Gasteiger partial charge in [-0.15, -0.1) is 23.5 Å². The Balaban J connectivity index is 1.82. The van der Waals surface area contributed by atoms with E-state index in [1.807, 2.05) is 35.1 Å². The van der Waals surface area contributed by atoms with Crippen molar-refractivity contribution in [3.05, 3.63) is 65.5 Å². The zero-order valence-electron chi connectivity index (χ0n) is 14.8. The van der Waals surface area contributed by atoms with Crippen LogP contribution in [0.15, 0.2) is 58.7 Å². The monoisotopic (exact) mass is 380 g/mol. The number of nitrogens with zero attached hydrogens (tertiary/aromatic N) is 4. The van der Waals surface area contributed by atoms with Crippen LogP contribution in [0.25, 0.3) is 5.82 Å². The van der Waals surface area contributed by atoms with Gasteiger partial charge in [0.05, 0.1) is 17.8 Å². The number of rotatable bonds is 7. The Kier molecular flexibility index (Phi) is 6.37. The summed E-state index contributed by atoms with van der Waals surface area (Å²) in [7, 11) is 0. The molecule has 0 aliphatic carbocycles. The van der Waals surface area contributed by atoms with Gasteiger partial charge in [0.25, 0.3) is 0 Å². The van der Waals surface area contributed by atoms with E-state index < -0.39 is 0 Å². The van der Waals surface area contributed by atoms with Gasteiger partial charge in [-0.25, -0.2) is 9.67 Å². The lowest BCUT2D eigenvalue weighted by molar-refractivity contribution is 0.774.